The molecule has 3 rings (SSSR count). The zero-order chi connectivity index (χ0) is 18.0. The van der Waals surface area contributed by atoms with Crippen LogP contribution in [0, 0.1) is 5.92 Å². The van der Waals surface area contributed by atoms with Gasteiger partial charge in [0.1, 0.15) is 10.6 Å². The number of hydrogen-bond donors (Lipinski definition) is 2. The van der Waals surface area contributed by atoms with Crippen LogP contribution >= 0.6 is 0 Å². The van der Waals surface area contributed by atoms with Crippen molar-refractivity contribution in [1.29, 1.82) is 0 Å². The number of nitrogens with one attached hydrogen (secondary N) is 2. The van der Waals surface area contributed by atoms with Crippen molar-refractivity contribution in [1.82, 2.24) is 19.5 Å². The molecule has 140 valence electrons. The second-order valence-electron chi connectivity index (χ2n) is 7.30. The second kappa shape index (κ2) is 7.47. The quantitative estimate of drug-likeness (QED) is 0.828. The summed E-state index contributed by atoms with van der Waals surface area (Å²) in [4.78, 5) is 12.7. The highest BCUT2D eigenvalue weighted by Gasteiger charge is 2.30. The van der Waals surface area contributed by atoms with Gasteiger partial charge in [-0.2, -0.15) is 4.31 Å². The van der Waals surface area contributed by atoms with Gasteiger partial charge in [0.05, 0.1) is 0 Å². The summed E-state index contributed by atoms with van der Waals surface area (Å²) in [6.45, 7) is 4.91. The molecule has 7 nitrogen and oxygen atoms in total. The summed E-state index contributed by atoms with van der Waals surface area (Å²) < 4.78 is 28.9. The van der Waals surface area contributed by atoms with E-state index < -0.39 is 10.0 Å². The fourth-order valence-electron chi connectivity index (χ4n) is 3.65. The first kappa shape index (κ1) is 18.4. The van der Waals surface area contributed by atoms with Gasteiger partial charge in [-0.1, -0.05) is 6.92 Å². The largest absolute Gasteiger partial charge is 0.347 e. The standard InChI is InChI=1S/C17H28N4O3S/c1-13-5-4-8-21(11-13)25(23,24)15-9-16(20(2)12-15)17(22)19-14-6-3-7-18-10-14/h9,12-14,18H,3-8,10-11H2,1-2H3,(H,19,22)/t13?,14-/m0/s1. The van der Waals surface area contributed by atoms with Gasteiger partial charge in [-0.25, -0.2) is 8.42 Å². The first-order valence-electron chi connectivity index (χ1n) is 9.06. The molecule has 2 atom stereocenters. The van der Waals surface area contributed by atoms with E-state index in [0.717, 1.165) is 38.8 Å². The van der Waals surface area contributed by atoms with E-state index in [1.165, 1.54) is 6.07 Å². The molecule has 0 radical (unpaired) electrons. The molecule has 3 heterocycles. The molecule has 2 aliphatic rings. The number of amides is 1. The van der Waals surface area contributed by atoms with E-state index in [0.29, 0.717) is 24.7 Å². The van der Waals surface area contributed by atoms with Crippen molar-refractivity contribution in [2.75, 3.05) is 26.2 Å². The van der Waals surface area contributed by atoms with E-state index in [-0.39, 0.29) is 16.8 Å². The van der Waals surface area contributed by atoms with Crippen LogP contribution in [0.25, 0.3) is 0 Å². The SMILES string of the molecule is CC1CCCN(S(=O)(=O)c2cc(C(=O)N[C@H]3CCCNC3)n(C)c2)C1. The third-order valence-electron chi connectivity index (χ3n) is 5.10. The molecule has 2 saturated heterocycles. The summed E-state index contributed by atoms with van der Waals surface area (Å²) in [5.41, 5.74) is 0.384. The third-order valence-corrected chi connectivity index (χ3v) is 6.93. The number of piperidine rings is 2. The van der Waals surface area contributed by atoms with Gasteiger partial charge in [-0.05, 0) is 44.2 Å². The van der Waals surface area contributed by atoms with Crippen molar-refractivity contribution >= 4 is 15.9 Å². The molecule has 0 spiro atoms. The Morgan fingerprint density at radius 2 is 2.12 bits per heavy atom. The van der Waals surface area contributed by atoms with Crippen LogP contribution in [-0.2, 0) is 17.1 Å². The average Bonchev–Trinajstić information content (AvgIpc) is 2.98. The fourth-order valence-corrected chi connectivity index (χ4v) is 5.32. The van der Waals surface area contributed by atoms with Crippen molar-refractivity contribution in [3.05, 3.63) is 18.0 Å². The van der Waals surface area contributed by atoms with Gasteiger partial charge < -0.3 is 15.2 Å². The number of carbonyl (C=O) groups excluding carboxylic acids is 1. The van der Waals surface area contributed by atoms with Crippen LogP contribution in [0.3, 0.4) is 0 Å². The van der Waals surface area contributed by atoms with Crippen LogP contribution < -0.4 is 10.6 Å². The minimum Gasteiger partial charge on any atom is -0.347 e. The van der Waals surface area contributed by atoms with E-state index in [4.69, 9.17) is 0 Å². The predicted molar refractivity (Wildman–Crippen MR) is 95.9 cm³/mol. The molecular formula is C17H28N4O3S. The van der Waals surface area contributed by atoms with E-state index in [1.54, 1.807) is 22.1 Å². The Hall–Kier alpha value is -1.38. The third kappa shape index (κ3) is 4.07. The number of rotatable bonds is 4. The zero-order valence-electron chi connectivity index (χ0n) is 15.0. The van der Waals surface area contributed by atoms with Gasteiger partial charge in [0, 0.05) is 38.9 Å². The minimum atomic E-state index is -3.54. The summed E-state index contributed by atoms with van der Waals surface area (Å²) in [5, 5.41) is 6.26. The van der Waals surface area contributed by atoms with Crippen LogP contribution in [0.1, 0.15) is 43.1 Å². The molecule has 0 bridgehead atoms. The number of aryl methyl sites for hydroxylation is 1. The van der Waals surface area contributed by atoms with E-state index >= 15 is 0 Å². The molecule has 1 amide bonds. The Labute approximate surface area is 149 Å². The maximum atomic E-state index is 12.9. The first-order valence-corrected chi connectivity index (χ1v) is 10.5. The van der Waals surface area contributed by atoms with Gasteiger partial charge in [0.2, 0.25) is 10.0 Å². The van der Waals surface area contributed by atoms with Crippen LogP contribution in [-0.4, -0.2) is 55.4 Å². The number of hydrogen-bond acceptors (Lipinski definition) is 4. The molecule has 0 aromatic carbocycles. The Balaban J connectivity index is 1.75. The Morgan fingerprint density at radius 1 is 1.32 bits per heavy atom. The highest BCUT2D eigenvalue weighted by atomic mass is 32.2. The molecule has 25 heavy (non-hydrogen) atoms. The number of aromatic nitrogens is 1. The molecular weight excluding hydrogens is 340 g/mol. The van der Waals surface area contributed by atoms with Crippen LogP contribution in [0.5, 0.6) is 0 Å². The summed E-state index contributed by atoms with van der Waals surface area (Å²) >= 11 is 0. The highest BCUT2D eigenvalue weighted by molar-refractivity contribution is 7.89. The lowest BCUT2D eigenvalue weighted by atomic mass is 10.0. The molecule has 0 aliphatic carbocycles. The molecule has 2 N–H and O–H groups in total. The topological polar surface area (TPSA) is 83.4 Å². The number of carbonyl (C=O) groups is 1. The molecule has 1 aromatic heterocycles. The number of nitrogens with zero attached hydrogens (tertiary/aromatic N) is 2. The summed E-state index contributed by atoms with van der Waals surface area (Å²) in [7, 11) is -1.83. The van der Waals surface area contributed by atoms with Crippen LogP contribution in [0.15, 0.2) is 17.2 Å². The maximum Gasteiger partial charge on any atom is 0.268 e. The molecule has 2 aliphatic heterocycles. The molecule has 1 unspecified atom stereocenters. The summed E-state index contributed by atoms with van der Waals surface area (Å²) in [6.07, 6.45) is 5.46. The monoisotopic (exact) mass is 368 g/mol. The number of sulfonamides is 1. The summed E-state index contributed by atoms with van der Waals surface area (Å²) in [5.74, 6) is 0.151. The van der Waals surface area contributed by atoms with Crippen molar-refractivity contribution in [3.63, 3.8) is 0 Å². The fraction of sp³-hybridized carbons (Fsp3) is 0.706. The zero-order valence-corrected chi connectivity index (χ0v) is 15.8. The summed E-state index contributed by atoms with van der Waals surface area (Å²) in [6, 6.07) is 1.60. The van der Waals surface area contributed by atoms with Crippen molar-refractivity contribution in [2.24, 2.45) is 13.0 Å². The molecule has 8 heteroatoms. The second-order valence-corrected chi connectivity index (χ2v) is 9.24. The smallest absolute Gasteiger partial charge is 0.268 e. The molecule has 2 fully saturated rings. The molecule has 0 saturated carbocycles. The van der Waals surface area contributed by atoms with Gasteiger partial charge in [-0.3, -0.25) is 4.79 Å². The Kier molecular flexibility index (Phi) is 5.50. The van der Waals surface area contributed by atoms with Gasteiger partial charge >= 0.3 is 0 Å². The Morgan fingerprint density at radius 3 is 2.80 bits per heavy atom. The first-order chi connectivity index (χ1) is 11.9. The normalized spacial score (nSPS) is 25.7. The van der Waals surface area contributed by atoms with E-state index in [2.05, 4.69) is 17.6 Å². The maximum absolute atomic E-state index is 12.9. The van der Waals surface area contributed by atoms with E-state index in [1.807, 2.05) is 0 Å². The predicted octanol–water partition coefficient (Wildman–Crippen LogP) is 0.928. The van der Waals surface area contributed by atoms with Gasteiger partial charge in [0.25, 0.3) is 5.91 Å². The minimum absolute atomic E-state index is 0.0964. The lowest BCUT2D eigenvalue weighted by molar-refractivity contribution is 0.0922. The lowest BCUT2D eigenvalue weighted by Crippen LogP contribution is -2.45. The Bertz CT molecular complexity index is 722. The van der Waals surface area contributed by atoms with Crippen LogP contribution in [0.4, 0.5) is 0 Å². The van der Waals surface area contributed by atoms with Crippen molar-refractivity contribution in [2.45, 2.75) is 43.5 Å². The van der Waals surface area contributed by atoms with Gasteiger partial charge in [0.15, 0.2) is 0 Å². The average molecular weight is 369 g/mol. The van der Waals surface area contributed by atoms with E-state index in [9.17, 15) is 13.2 Å². The molecule has 1 aromatic rings. The highest BCUT2D eigenvalue weighted by Crippen LogP contribution is 2.24. The van der Waals surface area contributed by atoms with Crippen molar-refractivity contribution < 1.29 is 13.2 Å². The van der Waals surface area contributed by atoms with Gasteiger partial charge in [-0.15, -0.1) is 0 Å². The van der Waals surface area contributed by atoms with Crippen molar-refractivity contribution in [3.8, 4) is 0 Å². The van der Waals surface area contributed by atoms with Crippen LogP contribution in [0.2, 0.25) is 0 Å². The lowest BCUT2D eigenvalue weighted by Gasteiger charge is -2.29.